The van der Waals surface area contributed by atoms with Crippen molar-refractivity contribution in [1.29, 1.82) is 0 Å². The number of nitrogens with zero attached hydrogens (tertiary/aromatic N) is 2. The number of aromatic nitrogens is 2. The van der Waals surface area contributed by atoms with Crippen molar-refractivity contribution in [3.63, 3.8) is 0 Å². The summed E-state index contributed by atoms with van der Waals surface area (Å²) in [6.45, 7) is 0.628. The maximum absolute atomic E-state index is 13.1. The Morgan fingerprint density at radius 1 is 1.37 bits per heavy atom. The number of hydrogen-bond acceptors (Lipinski definition) is 5. The number of halogens is 1. The number of hydrogen-bond donors (Lipinski definition) is 2. The van der Waals surface area contributed by atoms with Crippen molar-refractivity contribution in [1.82, 2.24) is 9.36 Å². The molecule has 102 valence electrons. The second-order valence-electron chi connectivity index (χ2n) is 4.39. The van der Waals surface area contributed by atoms with Crippen LogP contribution in [0.3, 0.4) is 0 Å². The molecule has 0 aliphatic carbocycles. The van der Waals surface area contributed by atoms with Crippen LogP contribution in [-0.4, -0.2) is 15.9 Å². The lowest BCUT2D eigenvalue weighted by molar-refractivity contribution is 0.613. The maximum Gasteiger partial charge on any atom is 0.147 e. The summed E-state index contributed by atoms with van der Waals surface area (Å²) < 4.78 is 17.3. The molecule has 4 nitrogen and oxygen atoms in total. The Bertz CT molecular complexity index is 529. The summed E-state index contributed by atoms with van der Waals surface area (Å²) in [7, 11) is 0. The van der Waals surface area contributed by atoms with Crippen LogP contribution in [0.1, 0.15) is 35.3 Å². The zero-order valence-corrected chi connectivity index (χ0v) is 11.4. The summed E-state index contributed by atoms with van der Waals surface area (Å²) in [4.78, 5) is 4.41. The van der Waals surface area contributed by atoms with Gasteiger partial charge in [0.05, 0.1) is 6.04 Å². The van der Waals surface area contributed by atoms with Gasteiger partial charge in [0.15, 0.2) is 0 Å². The molecule has 0 radical (unpaired) electrons. The zero-order chi connectivity index (χ0) is 13.7. The van der Waals surface area contributed by atoms with Gasteiger partial charge in [-0.3, -0.25) is 0 Å². The molecule has 6 heteroatoms. The molecule has 0 bridgehead atoms. The molecule has 1 unspecified atom stereocenters. The second kappa shape index (κ2) is 6.70. The minimum Gasteiger partial charge on any atom is -0.330 e. The molecule has 0 saturated carbocycles. The van der Waals surface area contributed by atoms with Crippen LogP contribution in [0.4, 0.5) is 4.39 Å². The molecule has 0 aliphatic rings. The fraction of sp³-hybridized carbons (Fsp3) is 0.385. The minimum atomic E-state index is -0.243. The van der Waals surface area contributed by atoms with Crippen molar-refractivity contribution in [2.75, 3.05) is 6.54 Å². The van der Waals surface area contributed by atoms with Crippen molar-refractivity contribution < 1.29 is 4.39 Å². The van der Waals surface area contributed by atoms with Gasteiger partial charge in [0, 0.05) is 6.42 Å². The molecule has 4 N–H and O–H groups in total. The van der Waals surface area contributed by atoms with E-state index in [0.29, 0.717) is 18.8 Å². The normalized spacial score (nSPS) is 12.6. The first-order chi connectivity index (χ1) is 9.19. The molecule has 1 aromatic carbocycles. The molecule has 0 amide bonds. The SMILES string of the molecule is NCCCC(N)c1nc(Cc2cccc(F)c2)ns1. The average Bonchev–Trinajstić information content (AvgIpc) is 2.84. The Morgan fingerprint density at radius 2 is 2.21 bits per heavy atom. The highest BCUT2D eigenvalue weighted by atomic mass is 32.1. The van der Waals surface area contributed by atoms with E-state index in [2.05, 4.69) is 9.36 Å². The third-order valence-corrected chi connectivity index (χ3v) is 3.65. The van der Waals surface area contributed by atoms with E-state index in [9.17, 15) is 4.39 Å². The Labute approximate surface area is 115 Å². The fourth-order valence-electron chi connectivity index (χ4n) is 1.78. The van der Waals surface area contributed by atoms with Gasteiger partial charge in [-0.15, -0.1) is 0 Å². The highest BCUT2D eigenvalue weighted by Gasteiger charge is 2.12. The van der Waals surface area contributed by atoms with E-state index >= 15 is 0 Å². The Morgan fingerprint density at radius 3 is 2.95 bits per heavy atom. The van der Waals surface area contributed by atoms with Gasteiger partial charge >= 0.3 is 0 Å². The molecular weight excluding hydrogens is 263 g/mol. The van der Waals surface area contributed by atoms with Crippen molar-refractivity contribution in [3.05, 3.63) is 46.5 Å². The lowest BCUT2D eigenvalue weighted by Gasteiger charge is -2.05. The van der Waals surface area contributed by atoms with E-state index in [-0.39, 0.29) is 11.9 Å². The molecule has 0 saturated heterocycles. The smallest absolute Gasteiger partial charge is 0.147 e. The molecule has 2 rings (SSSR count). The van der Waals surface area contributed by atoms with Crippen LogP contribution < -0.4 is 11.5 Å². The third kappa shape index (κ3) is 4.05. The summed E-state index contributed by atoms with van der Waals surface area (Å²) >= 11 is 1.31. The van der Waals surface area contributed by atoms with E-state index in [1.54, 1.807) is 6.07 Å². The monoisotopic (exact) mass is 280 g/mol. The highest BCUT2D eigenvalue weighted by Crippen LogP contribution is 2.19. The van der Waals surface area contributed by atoms with Gasteiger partial charge in [-0.05, 0) is 48.6 Å². The summed E-state index contributed by atoms with van der Waals surface area (Å²) in [5, 5.41) is 0.819. The molecule has 19 heavy (non-hydrogen) atoms. The zero-order valence-electron chi connectivity index (χ0n) is 10.6. The largest absolute Gasteiger partial charge is 0.330 e. The van der Waals surface area contributed by atoms with Gasteiger partial charge in [0.2, 0.25) is 0 Å². The summed E-state index contributed by atoms with van der Waals surface area (Å²) in [6, 6.07) is 6.35. The summed E-state index contributed by atoms with van der Waals surface area (Å²) in [5.41, 5.74) is 12.3. The Balaban J connectivity index is 2.01. The van der Waals surface area contributed by atoms with Crippen molar-refractivity contribution in [3.8, 4) is 0 Å². The topological polar surface area (TPSA) is 77.8 Å². The van der Waals surface area contributed by atoms with Crippen LogP contribution in [0.15, 0.2) is 24.3 Å². The van der Waals surface area contributed by atoms with Crippen molar-refractivity contribution >= 4 is 11.5 Å². The Hall–Kier alpha value is -1.37. The quantitative estimate of drug-likeness (QED) is 0.848. The van der Waals surface area contributed by atoms with E-state index in [1.807, 2.05) is 6.07 Å². The van der Waals surface area contributed by atoms with Crippen LogP contribution >= 0.6 is 11.5 Å². The van der Waals surface area contributed by atoms with Gasteiger partial charge in [-0.2, -0.15) is 4.37 Å². The third-order valence-electron chi connectivity index (χ3n) is 2.77. The first-order valence-electron chi connectivity index (χ1n) is 6.21. The van der Waals surface area contributed by atoms with E-state index in [0.717, 1.165) is 23.4 Å². The molecule has 1 atom stereocenters. The standard InChI is InChI=1S/C13H17FN4S/c14-10-4-1-3-9(7-10)8-12-17-13(19-18-12)11(16)5-2-6-15/h1,3-4,7,11H,2,5-6,8,15-16H2. The second-order valence-corrected chi connectivity index (χ2v) is 5.18. The number of nitrogens with two attached hydrogens (primary N) is 2. The lowest BCUT2D eigenvalue weighted by atomic mass is 10.1. The van der Waals surface area contributed by atoms with Gasteiger partial charge in [-0.1, -0.05) is 12.1 Å². The van der Waals surface area contributed by atoms with Crippen LogP contribution in [0.2, 0.25) is 0 Å². The molecular formula is C13H17FN4S. The summed E-state index contributed by atoms with van der Waals surface area (Å²) in [6.07, 6.45) is 2.21. The predicted octanol–water partition coefficient (Wildman–Crippen LogP) is 2.01. The molecule has 0 fully saturated rings. The summed E-state index contributed by atoms with van der Waals surface area (Å²) in [5.74, 6) is 0.446. The molecule has 1 aromatic heterocycles. The van der Waals surface area contributed by atoms with E-state index in [1.165, 1.54) is 23.7 Å². The van der Waals surface area contributed by atoms with Crippen molar-refractivity contribution in [2.24, 2.45) is 11.5 Å². The number of benzene rings is 1. The van der Waals surface area contributed by atoms with Crippen molar-refractivity contribution in [2.45, 2.75) is 25.3 Å². The van der Waals surface area contributed by atoms with Crippen LogP contribution in [-0.2, 0) is 6.42 Å². The van der Waals surface area contributed by atoms with E-state index < -0.39 is 0 Å². The van der Waals surface area contributed by atoms with Crippen LogP contribution in [0.25, 0.3) is 0 Å². The molecule has 2 aromatic rings. The van der Waals surface area contributed by atoms with Gasteiger partial charge in [-0.25, -0.2) is 9.37 Å². The molecule has 1 heterocycles. The average molecular weight is 280 g/mol. The highest BCUT2D eigenvalue weighted by molar-refractivity contribution is 7.05. The van der Waals surface area contributed by atoms with Gasteiger partial charge in [0.1, 0.15) is 16.6 Å². The molecule has 0 aliphatic heterocycles. The minimum absolute atomic E-state index is 0.109. The van der Waals surface area contributed by atoms with E-state index in [4.69, 9.17) is 11.5 Å². The maximum atomic E-state index is 13.1. The number of rotatable bonds is 6. The van der Waals surface area contributed by atoms with Gasteiger partial charge in [0.25, 0.3) is 0 Å². The van der Waals surface area contributed by atoms with Crippen LogP contribution in [0, 0.1) is 5.82 Å². The lowest BCUT2D eigenvalue weighted by Crippen LogP contribution is -2.12. The van der Waals surface area contributed by atoms with Crippen LogP contribution in [0.5, 0.6) is 0 Å². The Kier molecular flexibility index (Phi) is 4.95. The first-order valence-corrected chi connectivity index (χ1v) is 6.99. The first kappa shape index (κ1) is 14.0. The van der Waals surface area contributed by atoms with Gasteiger partial charge < -0.3 is 11.5 Å². The fourth-order valence-corrected chi connectivity index (χ4v) is 2.48. The molecule has 0 spiro atoms. The predicted molar refractivity (Wildman–Crippen MR) is 74.3 cm³/mol.